The molecule has 0 fully saturated rings. The number of amidine groups is 1. The van der Waals surface area contributed by atoms with Crippen LogP contribution in [0.4, 0.5) is 5.69 Å². The van der Waals surface area contributed by atoms with Crippen molar-refractivity contribution in [1.82, 2.24) is 4.90 Å². The number of aliphatic imine (C=N–C) groups is 1. The molecule has 0 amide bonds. The Morgan fingerprint density at radius 1 is 1.00 bits per heavy atom. The molecule has 0 saturated heterocycles. The van der Waals surface area contributed by atoms with E-state index in [0.717, 1.165) is 23.7 Å². The molecule has 3 heteroatoms. The van der Waals surface area contributed by atoms with Gasteiger partial charge >= 0.3 is 0 Å². The van der Waals surface area contributed by atoms with E-state index >= 15 is 0 Å². The Balaban J connectivity index is 2.21. The average Bonchev–Trinajstić information content (AvgIpc) is 2.48. The van der Waals surface area contributed by atoms with Crippen LogP contribution < -0.4 is 4.74 Å². The minimum Gasteiger partial charge on any atom is -0.497 e. The van der Waals surface area contributed by atoms with Gasteiger partial charge in [0.25, 0.3) is 0 Å². The van der Waals surface area contributed by atoms with E-state index in [4.69, 9.17) is 9.73 Å². The molecule has 0 bridgehead atoms. The van der Waals surface area contributed by atoms with E-state index in [1.807, 2.05) is 44.4 Å². The van der Waals surface area contributed by atoms with Gasteiger partial charge in [0.05, 0.1) is 12.8 Å². The predicted molar refractivity (Wildman–Crippen MR) is 83.9 cm³/mol. The summed E-state index contributed by atoms with van der Waals surface area (Å²) in [6.07, 6.45) is 0.819. The summed E-state index contributed by atoms with van der Waals surface area (Å²) in [7, 11) is 5.70. The number of benzene rings is 2. The minimum atomic E-state index is 0.819. The van der Waals surface area contributed by atoms with Crippen LogP contribution in [0.25, 0.3) is 0 Å². The predicted octanol–water partition coefficient (Wildman–Crippen LogP) is 3.53. The van der Waals surface area contributed by atoms with Crippen molar-refractivity contribution in [1.29, 1.82) is 0 Å². The summed E-state index contributed by atoms with van der Waals surface area (Å²) < 4.78 is 5.16. The number of ether oxygens (including phenoxy) is 1. The third-order valence-electron chi connectivity index (χ3n) is 3.05. The second-order valence-electron chi connectivity index (χ2n) is 4.78. The molecule has 0 unspecified atom stereocenters. The maximum absolute atomic E-state index is 5.16. The molecular formula is C17H20N2O. The fourth-order valence-corrected chi connectivity index (χ4v) is 1.88. The van der Waals surface area contributed by atoms with Crippen LogP contribution in [0.1, 0.15) is 5.56 Å². The van der Waals surface area contributed by atoms with Crippen molar-refractivity contribution < 1.29 is 4.74 Å². The standard InChI is InChI=1S/C17H20N2O/c1-19(2)17(13-14-7-5-4-6-8-14)18-15-9-11-16(20-3)12-10-15/h4-12H,13H2,1-3H3. The van der Waals surface area contributed by atoms with Gasteiger partial charge in [-0.25, -0.2) is 4.99 Å². The zero-order valence-electron chi connectivity index (χ0n) is 12.2. The summed E-state index contributed by atoms with van der Waals surface area (Å²) in [5.74, 6) is 1.87. The van der Waals surface area contributed by atoms with Crippen LogP contribution in [0.3, 0.4) is 0 Å². The van der Waals surface area contributed by atoms with Crippen molar-refractivity contribution in [3.63, 3.8) is 0 Å². The summed E-state index contributed by atoms with van der Waals surface area (Å²) >= 11 is 0. The average molecular weight is 268 g/mol. The van der Waals surface area contributed by atoms with Gasteiger partial charge in [-0.3, -0.25) is 0 Å². The molecule has 0 atom stereocenters. The van der Waals surface area contributed by atoms with E-state index in [2.05, 4.69) is 29.2 Å². The maximum atomic E-state index is 5.16. The molecule has 3 nitrogen and oxygen atoms in total. The Hall–Kier alpha value is -2.29. The molecule has 0 radical (unpaired) electrons. The van der Waals surface area contributed by atoms with Crippen molar-refractivity contribution in [3.05, 3.63) is 60.2 Å². The smallest absolute Gasteiger partial charge is 0.119 e. The first-order chi connectivity index (χ1) is 9.69. The Kier molecular flexibility index (Phi) is 4.77. The van der Waals surface area contributed by atoms with E-state index in [0.29, 0.717) is 0 Å². The molecule has 2 rings (SSSR count). The number of likely N-dealkylation sites (N-methyl/N-ethyl adjacent to an activating group) is 1. The quantitative estimate of drug-likeness (QED) is 0.626. The fourth-order valence-electron chi connectivity index (χ4n) is 1.88. The van der Waals surface area contributed by atoms with Crippen molar-refractivity contribution >= 4 is 11.5 Å². The van der Waals surface area contributed by atoms with Crippen LogP contribution in [-0.4, -0.2) is 31.9 Å². The molecule has 20 heavy (non-hydrogen) atoms. The van der Waals surface area contributed by atoms with Gasteiger partial charge in [0, 0.05) is 20.5 Å². The first-order valence-corrected chi connectivity index (χ1v) is 6.62. The number of methoxy groups -OCH3 is 1. The van der Waals surface area contributed by atoms with Crippen molar-refractivity contribution in [2.45, 2.75) is 6.42 Å². The lowest BCUT2D eigenvalue weighted by Gasteiger charge is -2.16. The Morgan fingerprint density at radius 2 is 1.65 bits per heavy atom. The summed E-state index contributed by atoms with van der Waals surface area (Å²) in [6, 6.07) is 18.1. The molecule has 104 valence electrons. The lowest BCUT2D eigenvalue weighted by Crippen LogP contribution is -2.23. The Labute approximate surface area is 120 Å². The summed E-state index contributed by atoms with van der Waals surface area (Å²) in [6.45, 7) is 0. The van der Waals surface area contributed by atoms with Gasteiger partial charge in [0.15, 0.2) is 0 Å². The van der Waals surface area contributed by atoms with Gasteiger partial charge in [-0.15, -0.1) is 0 Å². The van der Waals surface area contributed by atoms with Crippen LogP contribution in [0.15, 0.2) is 59.6 Å². The van der Waals surface area contributed by atoms with Gasteiger partial charge < -0.3 is 9.64 Å². The second kappa shape index (κ2) is 6.75. The van der Waals surface area contributed by atoms with Crippen molar-refractivity contribution in [2.75, 3.05) is 21.2 Å². The fraction of sp³-hybridized carbons (Fsp3) is 0.235. The van der Waals surface area contributed by atoms with Crippen LogP contribution >= 0.6 is 0 Å². The Bertz CT molecular complexity index is 559. The number of hydrogen-bond donors (Lipinski definition) is 0. The highest BCUT2D eigenvalue weighted by molar-refractivity contribution is 5.86. The van der Waals surface area contributed by atoms with Crippen molar-refractivity contribution in [3.8, 4) is 5.75 Å². The molecule has 0 heterocycles. The number of hydrogen-bond acceptors (Lipinski definition) is 2. The van der Waals surface area contributed by atoms with E-state index in [1.54, 1.807) is 7.11 Å². The monoisotopic (exact) mass is 268 g/mol. The van der Waals surface area contributed by atoms with Gasteiger partial charge in [-0.2, -0.15) is 0 Å². The van der Waals surface area contributed by atoms with E-state index < -0.39 is 0 Å². The third-order valence-corrected chi connectivity index (χ3v) is 3.05. The highest BCUT2D eigenvalue weighted by atomic mass is 16.5. The van der Waals surface area contributed by atoms with Crippen LogP contribution in [0, 0.1) is 0 Å². The van der Waals surface area contributed by atoms with E-state index in [1.165, 1.54) is 5.56 Å². The molecule has 0 aliphatic heterocycles. The number of nitrogens with zero attached hydrogens (tertiary/aromatic N) is 2. The highest BCUT2D eigenvalue weighted by Gasteiger charge is 2.04. The van der Waals surface area contributed by atoms with Gasteiger partial charge in [-0.05, 0) is 29.8 Å². The van der Waals surface area contributed by atoms with Crippen molar-refractivity contribution in [2.24, 2.45) is 4.99 Å². The Morgan fingerprint density at radius 3 is 2.20 bits per heavy atom. The molecular weight excluding hydrogens is 248 g/mol. The third kappa shape index (κ3) is 3.85. The highest BCUT2D eigenvalue weighted by Crippen LogP contribution is 2.18. The topological polar surface area (TPSA) is 24.8 Å². The molecule has 0 aliphatic carbocycles. The molecule has 2 aromatic rings. The van der Waals surface area contributed by atoms with Gasteiger partial charge in [0.1, 0.15) is 11.6 Å². The number of rotatable bonds is 4. The molecule has 2 aromatic carbocycles. The second-order valence-corrected chi connectivity index (χ2v) is 4.78. The van der Waals surface area contributed by atoms with Gasteiger partial charge in [-0.1, -0.05) is 30.3 Å². The lowest BCUT2D eigenvalue weighted by molar-refractivity contribution is 0.415. The largest absolute Gasteiger partial charge is 0.497 e. The van der Waals surface area contributed by atoms with Crippen LogP contribution in [-0.2, 0) is 6.42 Å². The van der Waals surface area contributed by atoms with E-state index in [-0.39, 0.29) is 0 Å². The van der Waals surface area contributed by atoms with Gasteiger partial charge in [0.2, 0.25) is 0 Å². The van der Waals surface area contributed by atoms with Crippen LogP contribution in [0.5, 0.6) is 5.75 Å². The first kappa shape index (κ1) is 14.1. The molecule has 0 aromatic heterocycles. The SMILES string of the molecule is COc1ccc(N=C(Cc2ccccc2)N(C)C)cc1. The molecule has 0 spiro atoms. The molecule has 0 N–H and O–H groups in total. The zero-order valence-corrected chi connectivity index (χ0v) is 12.2. The van der Waals surface area contributed by atoms with Crippen LogP contribution in [0.2, 0.25) is 0 Å². The zero-order chi connectivity index (χ0) is 14.4. The normalized spacial score (nSPS) is 11.2. The minimum absolute atomic E-state index is 0.819. The summed E-state index contributed by atoms with van der Waals surface area (Å²) in [5.41, 5.74) is 2.19. The first-order valence-electron chi connectivity index (χ1n) is 6.62. The summed E-state index contributed by atoms with van der Waals surface area (Å²) in [4.78, 5) is 6.77. The lowest BCUT2D eigenvalue weighted by atomic mass is 10.1. The maximum Gasteiger partial charge on any atom is 0.119 e. The molecule has 0 aliphatic rings. The summed E-state index contributed by atoms with van der Waals surface area (Å²) in [5, 5.41) is 0. The van der Waals surface area contributed by atoms with E-state index in [9.17, 15) is 0 Å². The molecule has 0 saturated carbocycles.